The molecule has 1 heterocycles. The number of hydrogen-bond donors (Lipinski definition) is 0. The Morgan fingerprint density at radius 3 is 2.69 bits per heavy atom. The van der Waals surface area contributed by atoms with Gasteiger partial charge in [-0.25, -0.2) is 0 Å². The highest BCUT2D eigenvalue weighted by Crippen LogP contribution is 2.26. The first kappa shape index (κ1) is 12.7. The van der Waals surface area contributed by atoms with E-state index in [1.165, 1.54) is 16.2 Å². The summed E-state index contributed by atoms with van der Waals surface area (Å²) in [6.45, 7) is 3.95. The Balaban J connectivity index is 2.61. The Labute approximate surface area is 98.8 Å². The Morgan fingerprint density at radius 2 is 2.19 bits per heavy atom. The molecule has 0 atom stereocenters. The summed E-state index contributed by atoms with van der Waals surface area (Å²) < 4.78 is 4.73. The van der Waals surface area contributed by atoms with E-state index in [-0.39, 0.29) is 12.3 Å². The highest BCUT2D eigenvalue weighted by molar-refractivity contribution is 7.14. The van der Waals surface area contributed by atoms with Gasteiger partial charge in [-0.1, -0.05) is 0 Å². The molecule has 0 radical (unpaired) electrons. The zero-order valence-electron chi connectivity index (χ0n) is 9.65. The maximum atomic E-state index is 11.7. The molecule has 4 nitrogen and oxygen atoms in total. The topological polar surface area (TPSA) is 46.6 Å². The number of thiophene rings is 1. The van der Waals surface area contributed by atoms with Crippen LogP contribution in [0.25, 0.3) is 0 Å². The number of aryl methyl sites for hydroxylation is 1. The van der Waals surface area contributed by atoms with E-state index >= 15 is 0 Å². The lowest BCUT2D eigenvalue weighted by Gasteiger charge is -2.15. The van der Waals surface area contributed by atoms with Crippen molar-refractivity contribution in [2.24, 2.45) is 0 Å². The standard InChI is InChI=1S/C11H15NO3S/c1-4-15-10(14)7-9(13)12(3)11-8(2)5-6-16-11/h5-6H,4,7H2,1-3H3. The van der Waals surface area contributed by atoms with E-state index in [1.54, 1.807) is 14.0 Å². The first-order valence-corrected chi connectivity index (χ1v) is 5.90. The molecule has 0 fully saturated rings. The van der Waals surface area contributed by atoms with Gasteiger partial charge in [-0.05, 0) is 30.9 Å². The Bertz CT molecular complexity index is 386. The summed E-state index contributed by atoms with van der Waals surface area (Å²) in [7, 11) is 1.67. The zero-order valence-corrected chi connectivity index (χ0v) is 10.5. The minimum absolute atomic E-state index is 0.207. The van der Waals surface area contributed by atoms with Crippen LogP contribution in [0.5, 0.6) is 0 Å². The number of nitrogens with zero attached hydrogens (tertiary/aromatic N) is 1. The molecule has 1 aromatic heterocycles. The third kappa shape index (κ3) is 3.06. The summed E-state index contributed by atoms with van der Waals surface area (Å²) in [4.78, 5) is 24.4. The number of carbonyl (C=O) groups is 2. The number of amides is 1. The quantitative estimate of drug-likeness (QED) is 0.598. The second-order valence-corrected chi connectivity index (χ2v) is 4.24. The van der Waals surface area contributed by atoms with Crippen molar-refractivity contribution >= 4 is 28.2 Å². The fraction of sp³-hybridized carbons (Fsp3) is 0.455. The highest BCUT2D eigenvalue weighted by Gasteiger charge is 2.17. The molecular formula is C11H15NO3S. The minimum atomic E-state index is -0.478. The molecule has 0 aliphatic rings. The van der Waals surface area contributed by atoms with Gasteiger partial charge in [0.1, 0.15) is 11.4 Å². The largest absolute Gasteiger partial charge is 0.466 e. The smallest absolute Gasteiger partial charge is 0.315 e. The van der Waals surface area contributed by atoms with Crippen molar-refractivity contribution in [3.63, 3.8) is 0 Å². The predicted molar refractivity (Wildman–Crippen MR) is 63.7 cm³/mol. The molecule has 0 unspecified atom stereocenters. The average molecular weight is 241 g/mol. The van der Waals surface area contributed by atoms with Gasteiger partial charge in [0.05, 0.1) is 6.61 Å². The second-order valence-electron chi connectivity index (χ2n) is 3.34. The highest BCUT2D eigenvalue weighted by atomic mass is 32.1. The second kappa shape index (κ2) is 5.65. The molecule has 0 aliphatic heterocycles. The summed E-state index contributed by atoms with van der Waals surface area (Å²) in [5.41, 5.74) is 1.03. The number of ether oxygens (including phenoxy) is 1. The molecule has 0 aromatic carbocycles. The van der Waals surface area contributed by atoms with E-state index in [2.05, 4.69) is 0 Å². The van der Waals surface area contributed by atoms with Crippen molar-refractivity contribution in [3.8, 4) is 0 Å². The van der Waals surface area contributed by atoms with Crippen molar-refractivity contribution < 1.29 is 14.3 Å². The van der Waals surface area contributed by atoms with Crippen LogP contribution in [0.3, 0.4) is 0 Å². The normalized spacial score (nSPS) is 9.94. The Hall–Kier alpha value is -1.36. The van der Waals surface area contributed by atoms with Gasteiger partial charge in [0.15, 0.2) is 0 Å². The summed E-state index contributed by atoms with van der Waals surface area (Å²) in [5, 5.41) is 2.79. The van der Waals surface area contributed by atoms with Gasteiger partial charge in [-0.3, -0.25) is 9.59 Å². The van der Waals surface area contributed by atoms with Gasteiger partial charge in [-0.15, -0.1) is 11.3 Å². The van der Waals surface area contributed by atoms with Crippen LogP contribution in [0.4, 0.5) is 5.00 Å². The molecule has 0 saturated heterocycles. The molecular weight excluding hydrogens is 226 g/mol. The predicted octanol–water partition coefficient (Wildman–Crippen LogP) is 1.97. The lowest BCUT2D eigenvalue weighted by Crippen LogP contribution is -2.28. The van der Waals surface area contributed by atoms with Gasteiger partial charge in [0.25, 0.3) is 0 Å². The van der Waals surface area contributed by atoms with E-state index in [0.717, 1.165) is 10.6 Å². The molecule has 1 amide bonds. The van der Waals surface area contributed by atoms with E-state index in [1.807, 2.05) is 18.4 Å². The van der Waals surface area contributed by atoms with Crippen LogP contribution in [-0.2, 0) is 14.3 Å². The Morgan fingerprint density at radius 1 is 1.50 bits per heavy atom. The SMILES string of the molecule is CCOC(=O)CC(=O)N(C)c1sccc1C. The first-order chi connectivity index (χ1) is 7.56. The minimum Gasteiger partial charge on any atom is -0.466 e. The van der Waals surface area contributed by atoms with Crippen molar-refractivity contribution in [1.82, 2.24) is 0 Å². The van der Waals surface area contributed by atoms with E-state index in [0.29, 0.717) is 6.61 Å². The molecule has 16 heavy (non-hydrogen) atoms. The third-order valence-electron chi connectivity index (χ3n) is 2.11. The molecule has 0 spiro atoms. The number of hydrogen-bond acceptors (Lipinski definition) is 4. The summed E-state index contributed by atoms with van der Waals surface area (Å²) >= 11 is 1.48. The first-order valence-electron chi connectivity index (χ1n) is 5.02. The van der Waals surface area contributed by atoms with E-state index in [9.17, 15) is 9.59 Å². The van der Waals surface area contributed by atoms with Crippen LogP contribution in [0.1, 0.15) is 18.9 Å². The van der Waals surface area contributed by atoms with Gasteiger partial charge in [0, 0.05) is 7.05 Å². The maximum absolute atomic E-state index is 11.7. The van der Waals surface area contributed by atoms with Crippen LogP contribution >= 0.6 is 11.3 Å². The van der Waals surface area contributed by atoms with Crippen LogP contribution in [0, 0.1) is 6.92 Å². The van der Waals surface area contributed by atoms with Crippen molar-refractivity contribution in [2.75, 3.05) is 18.6 Å². The molecule has 0 aliphatic carbocycles. The summed E-state index contributed by atoms with van der Waals surface area (Å²) in [6, 6.07) is 1.94. The maximum Gasteiger partial charge on any atom is 0.315 e. The fourth-order valence-electron chi connectivity index (χ4n) is 1.28. The van der Waals surface area contributed by atoms with Crippen molar-refractivity contribution in [3.05, 3.63) is 17.0 Å². The third-order valence-corrected chi connectivity index (χ3v) is 3.21. The van der Waals surface area contributed by atoms with Crippen LogP contribution in [0.15, 0.2) is 11.4 Å². The van der Waals surface area contributed by atoms with Gasteiger partial charge >= 0.3 is 5.97 Å². The number of carbonyl (C=O) groups excluding carboxylic acids is 2. The molecule has 1 rings (SSSR count). The molecule has 88 valence electrons. The molecule has 0 bridgehead atoms. The zero-order chi connectivity index (χ0) is 12.1. The van der Waals surface area contributed by atoms with Crippen LogP contribution < -0.4 is 4.90 Å². The van der Waals surface area contributed by atoms with Gasteiger partial charge < -0.3 is 9.64 Å². The van der Waals surface area contributed by atoms with Crippen LogP contribution in [-0.4, -0.2) is 25.5 Å². The van der Waals surface area contributed by atoms with E-state index < -0.39 is 5.97 Å². The summed E-state index contributed by atoms with van der Waals surface area (Å²) in [6.07, 6.45) is -0.207. The monoisotopic (exact) mass is 241 g/mol. The summed E-state index contributed by atoms with van der Waals surface area (Å²) in [5.74, 6) is -0.724. The number of esters is 1. The average Bonchev–Trinajstić information content (AvgIpc) is 2.63. The van der Waals surface area contributed by atoms with Gasteiger partial charge in [0.2, 0.25) is 5.91 Å². The molecule has 0 saturated carbocycles. The molecule has 1 aromatic rings. The lowest BCUT2D eigenvalue weighted by molar-refractivity contribution is -0.145. The molecule has 0 N–H and O–H groups in total. The lowest BCUT2D eigenvalue weighted by atomic mass is 10.3. The number of rotatable bonds is 4. The van der Waals surface area contributed by atoms with Gasteiger partial charge in [-0.2, -0.15) is 0 Å². The van der Waals surface area contributed by atoms with Crippen molar-refractivity contribution in [2.45, 2.75) is 20.3 Å². The van der Waals surface area contributed by atoms with E-state index in [4.69, 9.17) is 4.74 Å². The number of anilines is 1. The molecule has 5 heteroatoms. The van der Waals surface area contributed by atoms with Crippen LogP contribution in [0.2, 0.25) is 0 Å². The Kier molecular flexibility index (Phi) is 4.49. The van der Waals surface area contributed by atoms with Crippen molar-refractivity contribution in [1.29, 1.82) is 0 Å². The fourth-order valence-corrected chi connectivity index (χ4v) is 2.19.